The van der Waals surface area contributed by atoms with Gasteiger partial charge in [-0.25, -0.2) is 4.98 Å². The van der Waals surface area contributed by atoms with Crippen LogP contribution >= 0.6 is 56.8 Å². The highest BCUT2D eigenvalue weighted by atomic mass is 127. The van der Waals surface area contributed by atoms with Gasteiger partial charge in [0, 0.05) is 25.9 Å². The number of aromatic hydroxyl groups is 1. The first-order valence-electron chi connectivity index (χ1n) is 8.30. The molecule has 1 N–H and O–H groups in total. The highest BCUT2D eigenvalue weighted by Gasteiger charge is 2.11. The zero-order valence-electron chi connectivity index (χ0n) is 14.6. The molecule has 0 unspecified atom stereocenters. The van der Waals surface area contributed by atoms with Crippen molar-refractivity contribution in [3.8, 4) is 17.2 Å². The molecule has 0 bridgehead atoms. The highest BCUT2D eigenvalue weighted by molar-refractivity contribution is 14.1. The maximum absolute atomic E-state index is 10.3. The average Bonchev–Trinajstić information content (AvgIpc) is 3.07. The number of aromatic nitrogens is 1. The lowest BCUT2D eigenvalue weighted by atomic mass is 10.1. The maximum atomic E-state index is 10.3. The van der Waals surface area contributed by atoms with Crippen LogP contribution in [0.4, 0.5) is 5.69 Å². The largest absolute Gasteiger partial charge is 0.506 e. The molecular formula is C21H13ClI2N2O2. The lowest BCUT2D eigenvalue weighted by molar-refractivity contribution is 0.470. The fourth-order valence-electron chi connectivity index (χ4n) is 2.73. The molecule has 4 rings (SSSR count). The fourth-order valence-corrected chi connectivity index (χ4v) is 4.78. The fraction of sp³-hybridized carbons (Fsp3) is 0.0476. The molecule has 3 aromatic carbocycles. The second kappa shape index (κ2) is 8.00. The van der Waals surface area contributed by atoms with E-state index < -0.39 is 0 Å². The first-order chi connectivity index (χ1) is 13.4. The van der Waals surface area contributed by atoms with E-state index in [-0.39, 0.29) is 5.75 Å². The standard InChI is InChI=1S/C21H13ClI2N2O2/c1-11-2-3-12(21-26-18-8-14(22)4-5-19(18)28-21)7-17(11)25-10-13-6-15(23)9-16(24)20(13)27/h2-10,27H,1H3. The Morgan fingerprint density at radius 3 is 2.75 bits per heavy atom. The van der Waals surface area contributed by atoms with Crippen LogP contribution in [0.15, 0.2) is 57.9 Å². The van der Waals surface area contributed by atoms with Crippen molar-refractivity contribution < 1.29 is 9.52 Å². The number of benzene rings is 3. The quantitative estimate of drug-likeness (QED) is 0.198. The van der Waals surface area contributed by atoms with Crippen molar-refractivity contribution in [3.05, 3.63) is 71.8 Å². The number of rotatable bonds is 3. The van der Waals surface area contributed by atoms with Crippen molar-refractivity contribution in [2.75, 3.05) is 0 Å². The lowest BCUT2D eigenvalue weighted by Crippen LogP contribution is -1.88. The summed E-state index contributed by atoms with van der Waals surface area (Å²) in [6.07, 6.45) is 1.68. The molecule has 0 atom stereocenters. The van der Waals surface area contributed by atoms with Crippen LogP contribution in [-0.4, -0.2) is 16.3 Å². The summed E-state index contributed by atoms with van der Waals surface area (Å²) in [4.78, 5) is 9.12. The van der Waals surface area contributed by atoms with Gasteiger partial charge < -0.3 is 9.52 Å². The zero-order chi connectivity index (χ0) is 19.8. The van der Waals surface area contributed by atoms with Gasteiger partial charge in [-0.1, -0.05) is 17.7 Å². The number of fused-ring (bicyclic) bond motifs is 1. The zero-order valence-corrected chi connectivity index (χ0v) is 19.7. The monoisotopic (exact) mass is 614 g/mol. The Morgan fingerprint density at radius 1 is 1.11 bits per heavy atom. The van der Waals surface area contributed by atoms with E-state index in [1.165, 1.54) is 0 Å². The van der Waals surface area contributed by atoms with E-state index in [0.29, 0.717) is 27.6 Å². The molecule has 4 aromatic rings. The third-order valence-corrected chi connectivity index (χ3v) is 5.89. The summed E-state index contributed by atoms with van der Waals surface area (Å²) in [6, 6.07) is 15.0. The number of aliphatic imine (C=N–C) groups is 1. The van der Waals surface area contributed by atoms with Crippen molar-refractivity contribution in [1.29, 1.82) is 0 Å². The van der Waals surface area contributed by atoms with Crippen LogP contribution in [0.5, 0.6) is 5.75 Å². The minimum Gasteiger partial charge on any atom is -0.506 e. The number of halogens is 3. The summed E-state index contributed by atoms with van der Waals surface area (Å²) in [5, 5.41) is 10.9. The van der Waals surface area contributed by atoms with E-state index in [2.05, 4.69) is 55.2 Å². The average molecular weight is 615 g/mol. The Bertz CT molecular complexity index is 1230. The maximum Gasteiger partial charge on any atom is 0.227 e. The van der Waals surface area contributed by atoms with Crippen molar-refractivity contribution in [2.24, 2.45) is 4.99 Å². The molecule has 0 spiro atoms. The summed E-state index contributed by atoms with van der Waals surface area (Å²) < 4.78 is 7.69. The number of oxazole rings is 1. The normalized spacial score (nSPS) is 11.6. The molecule has 0 saturated heterocycles. The number of phenols is 1. The Kier molecular flexibility index (Phi) is 5.62. The Hall–Kier alpha value is -1.65. The molecule has 140 valence electrons. The molecule has 4 nitrogen and oxygen atoms in total. The smallest absolute Gasteiger partial charge is 0.227 e. The van der Waals surface area contributed by atoms with Crippen LogP contribution in [0.2, 0.25) is 5.02 Å². The number of phenolic OH excluding ortho intramolecular Hbond substituents is 1. The topological polar surface area (TPSA) is 58.6 Å². The first kappa shape index (κ1) is 19.7. The molecule has 1 aromatic heterocycles. The van der Waals surface area contributed by atoms with E-state index in [1.807, 2.05) is 43.3 Å². The molecule has 0 aliphatic heterocycles. The van der Waals surface area contributed by atoms with Crippen molar-refractivity contribution >= 4 is 79.8 Å². The minimum absolute atomic E-state index is 0.231. The van der Waals surface area contributed by atoms with Crippen LogP contribution in [0.3, 0.4) is 0 Å². The van der Waals surface area contributed by atoms with E-state index in [4.69, 9.17) is 16.0 Å². The van der Waals surface area contributed by atoms with Gasteiger partial charge in [0.05, 0.1) is 9.26 Å². The number of hydrogen-bond acceptors (Lipinski definition) is 4. The SMILES string of the molecule is Cc1ccc(-c2nc3cc(Cl)ccc3o2)cc1N=Cc1cc(I)cc(I)c1O. The predicted molar refractivity (Wildman–Crippen MR) is 130 cm³/mol. The van der Waals surface area contributed by atoms with Gasteiger partial charge in [0.2, 0.25) is 5.89 Å². The molecule has 0 amide bonds. The van der Waals surface area contributed by atoms with Crippen molar-refractivity contribution in [3.63, 3.8) is 0 Å². The van der Waals surface area contributed by atoms with E-state index >= 15 is 0 Å². The molecule has 0 saturated carbocycles. The summed E-state index contributed by atoms with van der Waals surface area (Å²) in [6.45, 7) is 1.99. The van der Waals surface area contributed by atoms with Gasteiger partial charge in [0.25, 0.3) is 0 Å². The summed E-state index contributed by atoms with van der Waals surface area (Å²) >= 11 is 10.4. The van der Waals surface area contributed by atoms with Crippen LogP contribution in [0.1, 0.15) is 11.1 Å². The second-order valence-electron chi connectivity index (χ2n) is 6.22. The molecule has 0 fully saturated rings. The van der Waals surface area contributed by atoms with E-state index in [1.54, 1.807) is 18.3 Å². The Balaban J connectivity index is 1.73. The van der Waals surface area contributed by atoms with Gasteiger partial charge in [-0.05, 0) is 100 Å². The van der Waals surface area contributed by atoms with Gasteiger partial charge in [-0.3, -0.25) is 4.99 Å². The van der Waals surface area contributed by atoms with Crippen LogP contribution in [0, 0.1) is 14.1 Å². The predicted octanol–water partition coefficient (Wildman–Crippen LogP) is 7.12. The molecule has 0 aliphatic rings. The second-order valence-corrected chi connectivity index (χ2v) is 9.06. The van der Waals surface area contributed by atoms with E-state index in [0.717, 1.165) is 24.0 Å². The van der Waals surface area contributed by atoms with Gasteiger partial charge >= 0.3 is 0 Å². The number of aryl methyl sites for hydroxylation is 1. The van der Waals surface area contributed by atoms with Crippen molar-refractivity contribution in [1.82, 2.24) is 4.98 Å². The molecule has 7 heteroatoms. The molecule has 0 aliphatic carbocycles. The molecule has 1 heterocycles. The van der Waals surface area contributed by atoms with Crippen LogP contribution in [-0.2, 0) is 0 Å². The number of hydrogen-bond donors (Lipinski definition) is 1. The minimum atomic E-state index is 0.231. The van der Waals surface area contributed by atoms with Crippen LogP contribution in [0.25, 0.3) is 22.6 Å². The van der Waals surface area contributed by atoms with Gasteiger partial charge in [-0.2, -0.15) is 0 Å². The van der Waals surface area contributed by atoms with Crippen molar-refractivity contribution in [2.45, 2.75) is 6.92 Å². The third kappa shape index (κ3) is 4.04. The van der Waals surface area contributed by atoms with Gasteiger partial charge in [-0.15, -0.1) is 0 Å². The Labute approximate surface area is 193 Å². The Morgan fingerprint density at radius 2 is 1.93 bits per heavy atom. The third-order valence-electron chi connectivity index (χ3n) is 4.21. The molecule has 0 radical (unpaired) electrons. The molecular weight excluding hydrogens is 602 g/mol. The summed E-state index contributed by atoms with van der Waals surface area (Å²) in [5.74, 6) is 0.745. The molecule has 28 heavy (non-hydrogen) atoms. The summed E-state index contributed by atoms with van der Waals surface area (Å²) in [5.41, 5.74) is 4.70. The summed E-state index contributed by atoms with van der Waals surface area (Å²) in [7, 11) is 0. The van der Waals surface area contributed by atoms with Gasteiger partial charge in [0.15, 0.2) is 5.58 Å². The lowest BCUT2D eigenvalue weighted by Gasteiger charge is -2.05. The number of nitrogens with zero attached hydrogens (tertiary/aromatic N) is 2. The van der Waals surface area contributed by atoms with Crippen LogP contribution < -0.4 is 0 Å². The first-order valence-corrected chi connectivity index (χ1v) is 10.8. The van der Waals surface area contributed by atoms with Gasteiger partial charge in [0.1, 0.15) is 11.3 Å². The highest BCUT2D eigenvalue weighted by Crippen LogP contribution is 2.31. The van der Waals surface area contributed by atoms with E-state index in [9.17, 15) is 5.11 Å².